The zero-order chi connectivity index (χ0) is 21.7. The highest BCUT2D eigenvalue weighted by atomic mass is 127. The number of benzene rings is 2. The van der Waals surface area contributed by atoms with E-state index in [1.54, 1.807) is 24.3 Å². The van der Waals surface area contributed by atoms with Crippen molar-refractivity contribution in [1.29, 1.82) is 0 Å². The topological polar surface area (TPSA) is 77.0 Å². The maximum atomic E-state index is 13.1. The Bertz CT molecular complexity index is 1040. The lowest BCUT2D eigenvalue weighted by atomic mass is 10.2. The summed E-state index contributed by atoms with van der Waals surface area (Å²) < 4.78 is 25.5. The molecular weight excluding hydrogens is 522 g/mol. The zero-order valence-electron chi connectivity index (χ0n) is 16.2. The minimum Gasteiger partial charge on any atom is -0.490 e. The summed E-state index contributed by atoms with van der Waals surface area (Å²) in [6, 6.07) is 9.74. The maximum absolute atomic E-state index is 13.1. The largest absolute Gasteiger partial charge is 0.490 e. The van der Waals surface area contributed by atoms with Crippen molar-refractivity contribution in [3.63, 3.8) is 0 Å². The molecular formula is C21H18FIN2O4S. The number of hydrogen-bond acceptors (Lipinski definition) is 5. The van der Waals surface area contributed by atoms with E-state index in [2.05, 4.69) is 32.9 Å². The number of aliphatic imine (C=N–C) groups is 1. The molecule has 0 aromatic heterocycles. The Morgan fingerprint density at radius 2 is 2.00 bits per heavy atom. The van der Waals surface area contributed by atoms with Crippen molar-refractivity contribution in [3.8, 4) is 11.5 Å². The molecule has 1 aliphatic heterocycles. The van der Waals surface area contributed by atoms with Gasteiger partial charge in [-0.2, -0.15) is 4.99 Å². The van der Waals surface area contributed by atoms with Crippen LogP contribution in [0.4, 0.5) is 4.39 Å². The fraction of sp³-hybridized carbons (Fsp3) is 0.190. The summed E-state index contributed by atoms with van der Waals surface area (Å²) in [4.78, 5) is 27.5. The monoisotopic (exact) mass is 540 g/mol. The number of amides is 2. The van der Waals surface area contributed by atoms with Crippen LogP contribution in [-0.4, -0.2) is 23.6 Å². The van der Waals surface area contributed by atoms with Crippen LogP contribution in [0.3, 0.4) is 0 Å². The molecule has 0 aliphatic carbocycles. The smallest absolute Gasteiger partial charge is 0.286 e. The van der Waals surface area contributed by atoms with Crippen LogP contribution in [-0.2, 0) is 16.2 Å². The summed E-state index contributed by atoms with van der Waals surface area (Å²) in [5.74, 6) is 0.117. The zero-order valence-corrected chi connectivity index (χ0v) is 19.2. The lowest BCUT2D eigenvalue weighted by molar-refractivity contribution is -0.117. The molecule has 3 rings (SSSR count). The molecule has 1 aliphatic rings. The Hall–Kier alpha value is -2.40. The van der Waals surface area contributed by atoms with Gasteiger partial charge in [-0.05, 0) is 82.7 Å². The number of nitrogens with one attached hydrogen (secondary N) is 1. The Labute approximate surface area is 191 Å². The molecule has 2 aromatic carbocycles. The summed E-state index contributed by atoms with van der Waals surface area (Å²) >= 11 is 3.24. The molecule has 30 heavy (non-hydrogen) atoms. The minimum atomic E-state index is -0.409. The van der Waals surface area contributed by atoms with E-state index >= 15 is 0 Å². The van der Waals surface area contributed by atoms with Crippen LogP contribution >= 0.6 is 34.4 Å². The summed E-state index contributed by atoms with van der Waals surface area (Å²) in [5.41, 5.74) is 1.57. The number of carbonyl (C=O) groups is 2. The van der Waals surface area contributed by atoms with E-state index in [9.17, 15) is 14.0 Å². The van der Waals surface area contributed by atoms with E-state index in [0.29, 0.717) is 23.0 Å². The lowest BCUT2D eigenvalue weighted by Gasteiger charge is -2.15. The number of hydrogen-bond donors (Lipinski definition) is 1. The van der Waals surface area contributed by atoms with Gasteiger partial charge in [0, 0.05) is 6.92 Å². The predicted molar refractivity (Wildman–Crippen MR) is 123 cm³/mol. The fourth-order valence-electron chi connectivity index (χ4n) is 2.57. The number of halogens is 2. The Balaban J connectivity index is 1.81. The Morgan fingerprint density at radius 1 is 1.27 bits per heavy atom. The molecule has 9 heteroatoms. The molecule has 0 spiro atoms. The van der Waals surface area contributed by atoms with Crippen molar-refractivity contribution in [2.75, 3.05) is 6.61 Å². The first kappa shape index (κ1) is 22.3. The fourth-order valence-corrected chi connectivity index (χ4v) is 4.22. The van der Waals surface area contributed by atoms with E-state index in [4.69, 9.17) is 9.47 Å². The van der Waals surface area contributed by atoms with E-state index in [-0.39, 0.29) is 23.5 Å². The molecule has 0 radical (unpaired) electrons. The van der Waals surface area contributed by atoms with Gasteiger partial charge in [0.2, 0.25) is 5.91 Å². The van der Waals surface area contributed by atoms with Gasteiger partial charge in [0.15, 0.2) is 16.7 Å². The van der Waals surface area contributed by atoms with Gasteiger partial charge < -0.3 is 14.8 Å². The van der Waals surface area contributed by atoms with E-state index < -0.39 is 5.91 Å². The third-order valence-electron chi connectivity index (χ3n) is 3.83. The number of rotatable bonds is 6. The number of amidine groups is 1. The summed E-state index contributed by atoms with van der Waals surface area (Å²) in [5, 5.41) is 2.78. The first-order valence-corrected chi connectivity index (χ1v) is 10.9. The number of nitrogens with zero attached hydrogens (tertiary/aromatic N) is 1. The van der Waals surface area contributed by atoms with Crippen LogP contribution in [0.15, 0.2) is 46.3 Å². The number of carbonyl (C=O) groups excluding carboxylic acids is 2. The van der Waals surface area contributed by atoms with E-state index in [1.165, 1.54) is 19.1 Å². The molecule has 2 aromatic rings. The normalized spacial score (nSPS) is 14.6. The van der Waals surface area contributed by atoms with Crippen molar-refractivity contribution >= 4 is 57.4 Å². The van der Waals surface area contributed by atoms with Crippen molar-refractivity contribution < 1.29 is 23.5 Å². The van der Waals surface area contributed by atoms with Crippen molar-refractivity contribution in [1.82, 2.24) is 5.32 Å². The second-order valence-corrected chi connectivity index (χ2v) is 8.38. The number of ether oxygens (including phenoxy) is 2. The second kappa shape index (κ2) is 10.1. The molecule has 0 fully saturated rings. The summed E-state index contributed by atoms with van der Waals surface area (Å²) in [6.07, 6.45) is 1.69. The standard InChI is InChI=1S/C21H18FIN2O4S/c1-3-28-17-9-14(10-18-20(27)25-21(30-18)24-12(2)26)8-16(23)19(17)29-11-13-4-6-15(22)7-5-13/h4-10H,3,11H2,1-2H3,(H,24,25,26,27)/b18-10-. The van der Waals surface area contributed by atoms with E-state index in [0.717, 1.165) is 26.5 Å². The predicted octanol–water partition coefficient (Wildman–Crippen LogP) is 4.51. The minimum absolute atomic E-state index is 0.262. The number of thioether (sulfide) groups is 1. The summed E-state index contributed by atoms with van der Waals surface area (Å²) in [7, 11) is 0. The molecule has 2 amide bonds. The van der Waals surface area contributed by atoms with Gasteiger partial charge >= 0.3 is 0 Å². The van der Waals surface area contributed by atoms with Crippen molar-refractivity contribution in [2.24, 2.45) is 4.99 Å². The average Bonchev–Trinajstić information content (AvgIpc) is 3.01. The van der Waals surface area contributed by atoms with Crippen molar-refractivity contribution in [3.05, 3.63) is 61.8 Å². The van der Waals surface area contributed by atoms with Crippen LogP contribution in [0.25, 0.3) is 6.08 Å². The highest BCUT2D eigenvalue weighted by Crippen LogP contribution is 2.37. The van der Waals surface area contributed by atoms with Gasteiger partial charge in [-0.25, -0.2) is 4.39 Å². The molecule has 156 valence electrons. The Kier molecular flexibility index (Phi) is 7.48. The molecule has 6 nitrogen and oxygen atoms in total. The first-order chi connectivity index (χ1) is 14.4. The van der Waals surface area contributed by atoms with Crippen LogP contribution in [0.5, 0.6) is 11.5 Å². The lowest BCUT2D eigenvalue weighted by Crippen LogP contribution is -2.23. The quantitative estimate of drug-likeness (QED) is 0.431. The van der Waals surface area contributed by atoms with E-state index in [1.807, 2.05) is 13.0 Å². The van der Waals surface area contributed by atoms with Crippen LogP contribution in [0.2, 0.25) is 0 Å². The molecule has 0 saturated carbocycles. The molecule has 0 unspecified atom stereocenters. The average molecular weight is 540 g/mol. The van der Waals surface area contributed by atoms with Crippen LogP contribution in [0, 0.1) is 9.39 Å². The third kappa shape index (κ3) is 5.82. The maximum Gasteiger partial charge on any atom is 0.286 e. The second-order valence-electron chi connectivity index (χ2n) is 6.19. The van der Waals surface area contributed by atoms with Crippen LogP contribution in [0.1, 0.15) is 25.0 Å². The van der Waals surface area contributed by atoms with Gasteiger partial charge in [-0.15, -0.1) is 0 Å². The highest BCUT2D eigenvalue weighted by Gasteiger charge is 2.23. The third-order valence-corrected chi connectivity index (χ3v) is 5.53. The molecule has 0 atom stereocenters. The van der Waals surface area contributed by atoms with Gasteiger partial charge in [-0.3, -0.25) is 9.59 Å². The molecule has 1 heterocycles. The molecule has 0 bridgehead atoms. The van der Waals surface area contributed by atoms with Gasteiger partial charge in [0.1, 0.15) is 12.4 Å². The van der Waals surface area contributed by atoms with Crippen molar-refractivity contribution in [2.45, 2.75) is 20.5 Å². The Morgan fingerprint density at radius 3 is 2.67 bits per heavy atom. The first-order valence-electron chi connectivity index (χ1n) is 8.99. The summed E-state index contributed by atoms with van der Waals surface area (Å²) in [6.45, 7) is 3.92. The van der Waals surface area contributed by atoms with Gasteiger partial charge in [-0.1, -0.05) is 12.1 Å². The van der Waals surface area contributed by atoms with Gasteiger partial charge in [0.05, 0.1) is 15.1 Å². The van der Waals surface area contributed by atoms with Gasteiger partial charge in [0.25, 0.3) is 5.91 Å². The van der Waals surface area contributed by atoms with Crippen LogP contribution < -0.4 is 14.8 Å². The molecule has 1 N–H and O–H groups in total. The highest BCUT2D eigenvalue weighted by molar-refractivity contribution is 14.1. The molecule has 0 saturated heterocycles. The SMILES string of the molecule is CCOc1cc(/C=C2\SC(NC(C)=O)=NC2=O)cc(I)c1OCc1ccc(F)cc1.